The lowest BCUT2D eigenvalue weighted by Crippen LogP contribution is -2.17. The van der Waals surface area contributed by atoms with Gasteiger partial charge in [0.25, 0.3) is 5.89 Å². The minimum Gasteiger partial charge on any atom is -0.415 e. The monoisotopic (exact) mass is 303 g/mol. The van der Waals surface area contributed by atoms with Gasteiger partial charge in [-0.25, -0.2) is 13.6 Å². The molecule has 20 heavy (non-hydrogen) atoms. The molecule has 0 aliphatic carbocycles. The number of primary sulfonamides is 1. The Morgan fingerprint density at radius 3 is 2.35 bits per heavy atom. The van der Waals surface area contributed by atoms with Gasteiger partial charge in [-0.05, 0) is 24.1 Å². The van der Waals surface area contributed by atoms with Crippen LogP contribution < -0.4 is 5.14 Å². The molecule has 0 bridgehead atoms. The largest absolute Gasteiger partial charge is 0.415 e. The summed E-state index contributed by atoms with van der Waals surface area (Å²) < 4.78 is 51.1. The van der Waals surface area contributed by atoms with Crippen LogP contribution in [0.2, 0.25) is 0 Å². The van der Waals surface area contributed by atoms with Gasteiger partial charge in [0.05, 0.1) is 5.75 Å². The molecule has 0 amide bonds. The number of hydrogen-bond donors (Lipinski definition) is 1. The molecule has 108 valence electrons. The number of nitrogens with zero attached hydrogens (tertiary/aromatic N) is 2. The van der Waals surface area contributed by atoms with Crippen molar-refractivity contribution in [3.05, 3.63) is 35.7 Å². The molecule has 0 aliphatic heterocycles. The Balaban J connectivity index is 2.11. The summed E-state index contributed by atoms with van der Waals surface area (Å²) in [7, 11) is -3.52. The number of aromatic nitrogens is 2. The lowest BCUT2D eigenvalue weighted by Gasteiger charge is -2.01. The molecule has 0 unspecified atom stereocenters. The van der Waals surface area contributed by atoms with E-state index < -0.39 is 22.3 Å². The van der Waals surface area contributed by atoms with Crippen molar-refractivity contribution in [1.29, 1.82) is 0 Å². The number of rotatable bonds is 5. The van der Waals surface area contributed by atoms with Crippen LogP contribution in [0.5, 0.6) is 0 Å². The summed E-state index contributed by atoms with van der Waals surface area (Å²) in [4.78, 5) is 0. The van der Waals surface area contributed by atoms with Crippen LogP contribution in [0.3, 0.4) is 0 Å². The molecule has 6 nitrogen and oxygen atoms in total. The minimum atomic E-state index is -3.52. The van der Waals surface area contributed by atoms with Gasteiger partial charge in [0, 0.05) is 5.56 Å². The molecule has 0 atom stereocenters. The van der Waals surface area contributed by atoms with E-state index in [1.807, 2.05) is 0 Å². The van der Waals surface area contributed by atoms with Crippen molar-refractivity contribution in [3.8, 4) is 11.5 Å². The topological polar surface area (TPSA) is 99.1 Å². The Hall–Kier alpha value is -1.87. The van der Waals surface area contributed by atoms with Gasteiger partial charge in [-0.3, -0.25) is 0 Å². The van der Waals surface area contributed by atoms with E-state index in [2.05, 4.69) is 10.2 Å². The third kappa shape index (κ3) is 3.81. The van der Waals surface area contributed by atoms with E-state index in [9.17, 15) is 17.2 Å². The summed E-state index contributed by atoms with van der Waals surface area (Å²) in [5.41, 5.74) is 1.22. The van der Waals surface area contributed by atoms with Crippen LogP contribution in [0, 0.1) is 0 Å². The molecule has 1 heterocycles. The van der Waals surface area contributed by atoms with Gasteiger partial charge in [0.1, 0.15) is 0 Å². The highest BCUT2D eigenvalue weighted by molar-refractivity contribution is 7.89. The molecule has 1 aromatic heterocycles. The Morgan fingerprint density at radius 1 is 1.20 bits per heavy atom. The maximum atomic E-state index is 12.3. The first-order chi connectivity index (χ1) is 9.35. The predicted molar refractivity (Wildman–Crippen MR) is 66.4 cm³/mol. The van der Waals surface area contributed by atoms with Gasteiger partial charge in [0.2, 0.25) is 15.9 Å². The molecule has 0 spiro atoms. The van der Waals surface area contributed by atoms with Crippen LogP contribution in [0.15, 0.2) is 28.7 Å². The van der Waals surface area contributed by atoms with E-state index in [0.717, 1.165) is 5.56 Å². The van der Waals surface area contributed by atoms with Gasteiger partial charge in [-0.1, -0.05) is 12.1 Å². The highest BCUT2D eigenvalue weighted by Crippen LogP contribution is 2.23. The minimum absolute atomic E-state index is 0.0155. The second kappa shape index (κ2) is 5.63. The van der Waals surface area contributed by atoms with Gasteiger partial charge >= 0.3 is 6.43 Å². The van der Waals surface area contributed by atoms with Crippen LogP contribution in [-0.2, 0) is 16.4 Å². The molecule has 2 rings (SSSR count). The fourth-order valence-corrected chi connectivity index (χ4v) is 2.03. The second-order valence-electron chi connectivity index (χ2n) is 4.06. The van der Waals surface area contributed by atoms with Crippen molar-refractivity contribution in [3.63, 3.8) is 0 Å². The standard InChI is InChI=1S/C11H11F2N3O3S/c12-9(13)11-16-15-10(19-11)8-3-1-7(2-4-8)5-6-20(14,17)18/h1-4,9H,5-6H2,(H2,14,17,18). The van der Waals surface area contributed by atoms with E-state index in [1.165, 1.54) is 0 Å². The van der Waals surface area contributed by atoms with Gasteiger partial charge in [-0.15, -0.1) is 10.2 Å². The molecule has 0 saturated carbocycles. The maximum absolute atomic E-state index is 12.3. The summed E-state index contributed by atoms with van der Waals surface area (Å²) >= 11 is 0. The highest BCUT2D eigenvalue weighted by Gasteiger charge is 2.16. The molecule has 0 radical (unpaired) electrons. The number of nitrogens with two attached hydrogens (primary N) is 1. The van der Waals surface area contributed by atoms with E-state index in [4.69, 9.17) is 9.56 Å². The highest BCUT2D eigenvalue weighted by atomic mass is 32.2. The van der Waals surface area contributed by atoms with Crippen molar-refractivity contribution >= 4 is 10.0 Å². The Morgan fingerprint density at radius 2 is 1.85 bits per heavy atom. The van der Waals surface area contributed by atoms with Crippen LogP contribution in [-0.4, -0.2) is 24.4 Å². The Kier molecular flexibility index (Phi) is 4.09. The number of hydrogen-bond acceptors (Lipinski definition) is 5. The van der Waals surface area contributed by atoms with E-state index in [-0.39, 0.29) is 18.1 Å². The first kappa shape index (κ1) is 14.5. The summed E-state index contributed by atoms with van der Waals surface area (Å²) in [6, 6.07) is 6.46. The van der Waals surface area contributed by atoms with E-state index >= 15 is 0 Å². The third-order valence-corrected chi connectivity index (χ3v) is 3.28. The SMILES string of the molecule is NS(=O)(=O)CCc1ccc(-c2nnc(C(F)F)o2)cc1. The third-order valence-electron chi connectivity index (χ3n) is 2.50. The summed E-state index contributed by atoms with van der Waals surface area (Å²) in [6.45, 7) is 0. The van der Waals surface area contributed by atoms with E-state index in [1.54, 1.807) is 24.3 Å². The predicted octanol–water partition coefficient (Wildman–Crippen LogP) is 1.51. The molecule has 1 aromatic carbocycles. The normalized spacial score (nSPS) is 12.0. The van der Waals surface area contributed by atoms with Gasteiger partial charge < -0.3 is 4.42 Å². The van der Waals surface area contributed by atoms with Crippen LogP contribution in [0.4, 0.5) is 8.78 Å². The van der Waals surface area contributed by atoms with Crippen molar-refractivity contribution in [2.24, 2.45) is 5.14 Å². The van der Waals surface area contributed by atoms with Crippen LogP contribution in [0.25, 0.3) is 11.5 Å². The molecular formula is C11H11F2N3O3S. The van der Waals surface area contributed by atoms with Gasteiger partial charge in [-0.2, -0.15) is 8.78 Å². The summed E-state index contributed by atoms with van der Waals surface area (Å²) in [5.74, 6) is -0.917. The number of sulfonamides is 1. The lowest BCUT2D eigenvalue weighted by atomic mass is 10.1. The smallest absolute Gasteiger partial charge is 0.314 e. The summed E-state index contributed by atoms with van der Waals surface area (Å²) in [6.07, 6.45) is -2.55. The lowest BCUT2D eigenvalue weighted by molar-refractivity contribution is 0.116. The molecule has 2 N–H and O–H groups in total. The molecule has 0 fully saturated rings. The fourth-order valence-electron chi connectivity index (χ4n) is 1.51. The quantitative estimate of drug-likeness (QED) is 0.902. The second-order valence-corrected chi connectivity index (χ2v) is 5.79. The molecule has 0 saturated heterocycles. The maximum Gasteiger partial charge on any atom is 0.314 e. The number of halogens is 2. The molecular weight excluding hydrogens is 292 g/mol. The van der Waals surface area contributed by atoms with Gasteiger partial charge in [0.15, 0.2) is 0 Å². The zero-order chi connectivity index (χ0) is 14.8. The van der Waals surface area contributed by atoms with E-state index in [0.29, 0.717) is 5.56 Å². The first-order valence-corrected chi connectivity index (χ1v) is 7.28. The van der Waals surface area contributed by atoms with Crippen molar-refractivity contribution in [1.82, 2.24) is 10.2 Å². The number of benzene rings is 1. The zero-order valence-electron chi connectivity index (χ0n) is 10.2. The van der Waals surface area contributed by atoms with Crippen molar-refractivity contribution < 1.29 is 21.6 Å². The van der Waals surface area contributed by atoms with Crippen molar-refractivity contribution in [2.45, 2.75) is 12.8 Å². The summed E-state index contributed by atoms with van der Waals surface area (Å²) in [5, 5.41) is 11.6. The molecule has 2 aromatic rings. The fraction of sp³-hybridized carbons (Fsp3) is 0.273. The van der Waals surface area contributed by atoms with Crippen LogP contribution in [0.1, 0.15) is 17.9 Å². The average molecular weight is 303 g/mol. The number of alkyl halides is 2. The first-order valence-electron chi connectivity index (χ1n) is 5.56. The van der Waals surface area contributed by atoms with Crippen LogP contribution >= 0.6 is 0 Å². The Bertz CT molecular complexity index is 683. The molecule has 9 heteroatoms. The zero-order valence-corrected chi connectivity index (χ0v) is 11.0. The molecule has 0 aliphatic rings. The number of aryl methyl sites for hydroxylation is 1. The average Bonchev–Trinajstić information content (AvgIpc) is 2.86. The van der Waals surface area contributed by atoms with Crippen molar-refractivity contribution in [2.75, 3.05) is 5.75 Å². The Labute approximate surface area is 113 Å².